The molecule has 0 aliphatic carbocycles. The maximum atomic E-state index is 14.9. The van der Waals surface area contributed by atoms with Gasteiger partial charge in [0.1, 0.15) is 11.6 Å². The highest BCUT2D eigenvalue weighted by Gasteiger charge is 2.33. The summed E-state index contributed by atoms with van der Waals surface area (Å²) in [4.78, 5) is 82.7. The largest absolute Gasteiger partial charge is 0.362 e. The van der Waals surface area contributed by atoms with Crippen LogP contribution in [0.5, 0.6) is 0 Å². The molecule has 4 amide bonds. The summed E-state index contributed by atoms with van der Waals surface area (Å²) in [6.45, 7) is 7.53. The van der Waals surface area contributed by atoms with E-state index in [1.54, 1.807) is 104 Å². The SMILES string of the molecule is Cc1ccc(NC(=O)c2ccc(N3CCOCS3(=O)=O)cc2)cc1-c1ccc2cnccc2n1.Cc1ccc(NC(=O)c2ccc(N3CCOCS3(=O)=O)cc2F)cc1-c1ccc2cnccc2n1.Cc1ccc(NC(=O)c2ccc(N3CCOCS3(=O)=O)cc2F)cc1-c1nccc2ccccc12.O=C(Nc1ccc(Cl)c(-c2ncc3ccccc3n2)c1)c1ccc(N2CCOCS2(=O)=O)cc1Cl. The monoisotopic (exact) mass is 1990 g/mol. The van der Waals surface area contributed by atoms with Crippen molar-refractivity contribution >= 4 is 176 Å². The standard InChI is InChI=1S/C26H22FN3O4S.C25H21FN4O4S.C25H22N4O4S.C24H18Cl2N4O4S/c1-17-6-7-19(14-23(17)25-21-5-3-2-4-18(21)10-11-28-25)29-26(31)22-9-8-20(15-24(22)27)30-12-13-34-16-35(30,32)33;1-16-2-4-18(12-21(16)24-7-3-17-14-27-9-8-23(17)29-24)28-25(31)20-6-5-19(13-22(20)26)30-10-11-34-15-35(30,32)33;1-17-2-6-20(14-22(17)24-9-5-19-15-26-11-10-23(19)28-24)27-25(30)18-3-7-21(8-4-18)29-12-13-33-16-34(29,31)32;25-20-8-5-16(11-19(20)23-27-13-15-3-1-2-4-22(15)29-23)28-24(31)18-7-6-17(12-21(18)26)30-9-10-34-14-35(30,32)33/h2-11,14-15H,12-13,16H2,1H3,(H,29,31);2-9,12-14H,10-11,15H2,1H3,(H,28,31);2-11,14-15H,12-13,16H2,1H3,(H,27,30);1-8,11-13H,9-10,14H2,(H,28,31). The number of fused-ring (bicyclic) bond motifs is 4. The van der Waals surface area contributed by atoms with Crippen molar-refractivity contribution < 1.29 is 80.6 Å². The molecule has 16 aromatic rings. The van der Waals surface area contributed by atoms with Gasteiger partial charge in [0.2, 0.25) is 0 Å². The van der Waals surface area contributed by atoms with E-state index in [0.717, 1.165) is 115 Å². The Hall–Kier alpha value is -14.8. The molecule has 39 heteroatoms. The number of nitrogens with zero attached hydrogens (tertiary/aromatic N) is 11. The number of nitrogens with one attached hydrogen (secondary N) is 4. The van der Waals surface area contributed by atoms with Crippen LogP contribution in [-0.2, 0) is 59.0 Å². The van der Waals surface area contributed by atoms with Crippen LogP contribution < -0.4 is 38.5 Å². The molecule has 20 rings (SSSR count). The number of amides is 4. The van der Waals surface area contributed by atoms with E-state index < -0.39 is 87.3 Å². The summed E-state index contributed by atoms with van der Waals surface area (Å²) in [5.41, 5.74) is 14.4. The Morgan fingerprint density at radius 1 is 0.345 bits per heavy atom. The smallest absolute Gasteiger partial charge is 0.259 e. The molecule has 0 radical (unpaired) electrons. The van der Waals surface area contributed by atoms with Crippen LogP contribution in [0.2, 0.25) is 10.0 Å². The Morgan fingerprint density at radius 2 is 0.741 bits per heavy atom. The first-order chi connectivity index (χ1) is 66.9. The number of aryl methyl sites for hydroxylation is 3. The van der Waals surface area contributed by atoms with Gasteiger partial charge in [-0.2, -0.15) is 0 Å². The Kier molecular flexibility index (Phi) is 28.5. The van der Waals surface area contributed by atoms with Crippen molar-refractivity contribution in [2.45, 2.75) is 20.8 Å². The zero-order valence-electron chi connectivity index (χ0n) is 74.1. The van der Waals surface area contributed by atoms with E-state index in [9.17, 15) is 61.6 Å². The summed E-state index contributed by atoms with van der Waals surface area (Å²) < 4.78 is 152. The number of anilines is 8. The Morgan fingerprint density at radius 3 is 1.22 bits per heavy atom. The molecule has 706 valence electrons. The molecule has 0 saturated carbocycles. The second kappa shape index (κ2) is 41.3. The molecule has 6 aromatic heterocycles. The van der Waals surface area contributed by atoms with Crippen LogP contribution in [-0.4, -0.2) is 169 Å². The molecule has 4 N–H and O–H groups in total. The second-order valence-electron chi connectivity index (χ2n) is 32.1. The van der Waals surface area contributed by atoms with Crippen molar-refractivity contribution in [2.75, 3.05) is 115 Å². The summed E-state index contributed by atoms with van der Waals surface area (Å²) in [5.74, 6) is -4.90. The van der Waals surface area contributed by atoms with Gasteiger partial charge in [0, 0.05) is 109 Å². The van der Waals surface area contributed by atoms with Gasteiger partial charge in [0.05, 0.1) is 136 Å². The van der Waals surface area contributed by atoms with Crippen LogP contribution in [0.25, 0.3) is 88.6 Å². The van der Waals surface area contributed by atoms with E-state index in [1.165, 1.54) is 45.0 Å². The fourth-order valence-electron chi connectivity index (χ4n) is 15.7. The van der Waals surface area contributed by atoms with Crippen molar-refractivity contribution in [3.05, 3.63) is 340 Å². The Balaban J connectivity index is 0.000000128. The van der Waals surface area contributed by atoms with Crippen LogP contribution in [0.3, 0.4) is 0 Å². The van der Waals surface area contributed by atoms with E-state index in [4.69, 9.17) is 47.1 Å². The number of ether oxygens (including phenoxy) is 4. The predicted molar refractivity (Wildman–Crippen MR) is 532 cm³/mol. The topological polar surface area (TPSA) is 393 Å². The van der Waals surface area contributed by atoms with E-state index in [-0.39, 0.29) is 90.9 Å². The van der Waals surface area contributed by atoms with Crippen molar-refractivity contribution in [2.24, 2.45) is 0 Å². The van der Waals surface area contributed by atoms with Gasteiger partial charge in [-0.3, -0.25) is 51.4 Å². The summed E-state index contributed by atoms with van der Waals surface area (Å²) in [7, 11) is -14.5. The number of aromatic nitrogens is 7. The maximum absolute atomic E-state index is 14.9. The molecule has 10 heterocycles. The maximum Gasteiger partial charge on any atom is 0.259 e. The van der Waals surface area contributed by atoms with Gasteiger partial charge in [-0.15, -0.1) is 0 Å². The fourth-order valence-corrected chi connectivity index (χ4v) is 21.1. The number of carbonyl (C=O) groups is 4. The highest BCUT2D eigenvalue weighted by molar-refractivity contribution is 7.93. The van der Waals surface area contributed by atoms with Crippen molar-refractivity contribution in [1.82, 2.24) is 34.9 Å². The molecular weight excluding hydrogens is 1900 g/mol. The Bertz CT molecular complexity index is 7780. The number of pyridine rings is 5. The minimum atomic E-state index is -3.69. The van der Waals surface area contributed by atoms with Gasteiger partial charge >= 0.3 is 0 Å². The first-order valence-electron chi connectivity index (χ1n) is 43.0. The zero-order chi connectivity index (χ0) is 97.4. The van der Waals surface area contributed by atoms with Gasteiger partial charge in [0.25, 0.3) is 63.7 Å². The molecule has 4 saturated heterocycles. The summed E-state index contributed by atoms with van der Waals surface area (Å²) in [6.07, 6.45) is 10.4. The van der Waals surface area contributed by atoms with Gasteiger partial charge in [-0.25, -0.2) is 62.4 Å². The molecular formula is C100H83Cl2F2N15O16S4. The third-order valence-electron chi connectivity index (χ3n) is 22.8. The van der Waals surface area contributed by atoms with Crippen LogP contribution in [0, 0.1) is 32.4 Å². The highest BCUT2D eigenvalue weighted by Crippen LogP contribution is 2.38. The van der Waals surface area contributed by atoms with Crippen LogP contribution in [0.1, 0.15) is 58.1 Å². The molecule has 0 unspecified atom stereocenters. The average molecular weight is 1990 g/mol. The second-order valence-corrected chi connectivity index (χ2v) is 40.3. The van der Waals surface area contributed by atoms with Crippen LogP contribution in [0.15, 0.2) is 280 Å². The molecule has 0 bridgehead atoms. The number of benzene rings is 10. The normalized spacial score (nSPS) is 15.2. The number of carbonyl (C=O) groups excluding carboxylic acids is 4. The molecule has 0 spiro atoms. The third-order valence-corrected chi connectivity index (χ3v) is 29.6. The number of hydrogen-bond acceptors (Lipinski definition) is 23. The lowest BCUT2D eigenvalue weighted by atomic mass is 9.99. The number of sulfonamides is 4. The molecule has 139 heavy (non-hydrogen) atoms. The third kappa shape index (κ3) is 22.0. The molecule has 4 aliphatic heterocycles. The van der Waals surface area contributed by atoms with Crippen molar-refractivity contribution in [3.63, 3.8) is 0 Å². The fraction of sp³-hybridized carbons (Fsp3) is 0.150. The lowest BCUT2D eigenvalue weighted by Crippen LogP contribution is -2.41. The van der Waals surface area contributed by atoms with Crippen LogP contribution in [0.4, 0.5) is 54.3 Å². The predicted octanol–water partition coefficient (Wildman–Crippen LogP) is 17.8. The number of hydrogen-bond donors (Lipinski definition) is 4. The van der Waals surface area contributed by atoms with E-state index in [2.05, 4.69) is 51.2 Å². The molecule has 4 fully saturated rings. The average Bonchev–Trinajstić information content (AvgIpc) is 0.792. The lowest BCUT2D eigenvalue weighted by Gasteiger charge is -2.28. The lowest BCUT2D eigenvalue weighted by molar-refractivity contribution is 0.101. The first-order valence-corrected chi connectivity index (χ1v) is 50.2. The quantitative estimate of drug-likeness (QED) is 0.0698. The van der Waals surface area contributed by atoms with Crippen LogP contribution >= 0.6 is 23.2 Å². The molecule has 31 nitrogen and oxygen atoms in total. The molecule has 10 aromatic carbocycles. The number of halogens is 4. The van der Waals surface area contributed by atoms with E-state index in [1.807, 2.05) is 148 Å². The van der Waals surface area contributed by atoms with E-state index in [0.29, 0.717) is 62.7 Å². The van der Waals surface area contributed by atoms with Gasteiger partial charge < -0.3 is 40.2 Å². The van der Waals surface area contributed by atoms with Gasteiger partial charge in [0.15, 0.2) is 29.6 Å². The van der Waals surface area contributed by atoms with Gasteiger partial charge in [-0.1, -0.05) is 83.9 Å². The first kappa shape index (κ1) is 95.9. The summed E-state index contributed by atoms with van der Waals surface area (Å²) in [5, 5.41) is 16.6. The minimum Gasteiger partial charge on any atom is -0.362 e. The highest BCUT2D eigenvalue weighted by atomic mass is 35.5. The summed E-state index contributed by atoms with van der Waals surface area (Å²) >= 11 is 12.8. The Labute approximate surface area is 807 Å². The van der Waals surface area contributed by atoms with Crippen molar-refractivity contribution in [3.8, 4) is 45.2 Å². The van der Waals surface area contributed by atoms with E-state index >= 15 is 0 Å². The summed E-state index contributed by atoms with van der Waals surface area (Å²) in [6, 6.07) is 68.8. The molecule has 4 aliphatic rings. The van der Waals surface area contributed by atoms with Crippen molar-refractivity contribution in [1.29, 1.82) is 0 Å². The molecule has 0 atom stereocenters. The number of para-hydroxylation sites is 1. The zero-order valence-corrected chi connectivity index (χ0v) is 78.9. The minimum absolute atomic E-state index is 0.0821. The number of rotatable bonds is 16. The van der Waals surface area contributed by atoms with Gasteiger partial charge in [-0.05, 0) is 225 Å².